The van der Waals surface area contributed by atoms with Crippen molar-refractivity contribution in [2.24, 2.45) is 0 Å². The van der Waals surface area contributed by atoms with E-state index >= 15 is 0 Å². The molecule has 1 aliphatic rings. The van der Waals surface area contributed by atoms with Crippen molar-refractivity contribution in [3.8, 4) is 0 Å². The number of halogens is 8. The number of rotatable bonds is 3. The van der Waals surface area contributed by atoms with Gasteiger partial charge in [-0.15, -0.1) is 0 Å². The van der Waals surface area contributed by atoms with Crippen molar-refractivity contribution < 1.29 is 35.1 Å². The van der Waals surface area contributed by atoms with E-state index in [0.29, 0.717) is 13.1 Å². The monoisotopic (exact) mass is 362 g/mol. The first-order chi connectivity index (χ1) is 11.1. The first-order valence-corrected chi connectivity index (χ1v) is 7.04. The van der Waals surface area contributed by atoms with Gasteiger partial charge in [0.2, 0.25) is 0 Å². The van der Waals surface area contributed by atoms with Gasteiger partial charge in [0.25, 0.3) is 0 Å². The van der Waals surface area contributed by atoms with Crippen LogP contribution in [0.15, 0.2) is 12.1 Å². The molecule has 1 fully saturated rings. The second kappa shape index (κ2) is 6.83. The number of alkyl halides is 7. The summed E-state index contributed by atoms with van der Waals surface area (Å²) >= 11 is 0. The lowest BCUT2D eigenvalue weighted by Crippen LogP contribution is -2.46. The minimum atomic E-state index is -5.24. The standard InChI is InChI=1S/C14H14F8N2/c15-7-11(24-3-1-23-2-4-24)12-9(14(20,21)22)5-8(6-10(12)16)13(17,18)19/h5-6,11,23H,1-4,7H2/t11-/m0/s1. The predicted octanol–water partition coefficient (Wildman–Crippen LogP) is 3.78. The van der Waals surface area contributed by atoms with Gasteiger partial charge in [0.05, 0.1) is 17.2 Å². The van der Waals surface area contributed by atoms with Crippen molar-refractivity contribution in [3.05, 3.63) is 34.6 Å². The molecule has 0 bridgehead atoms. The van der Waals surface area contributed by atoms with Crippen LogP contribution in [0.25, 0.3) is 0 Å². The van der Waals surface area contributed by atoms with E-state index in [1.165, 1.54) is 4.90 Å². The van der Waals surface area contributed by atoms with Gasteiger partial charge in [-0.2, -0.15) is 26.3 Å². The van der Waals surface area contributed by atoms with E-state index in [1.807, 2.05) is 0 Å². The Morgan fingerprint density at radius 1 is 1.00 bits per heavy atom. The van der Waals surface area contributed by atoms with Crippen LogP contribution in [0.5, 0.6) is 0 Å². The van der Waals surface area contributed by atoms with E-state index < -0.39 is 47.6 Å². The molecule has 1 aromatic rings. The molecule has 0 saturated carbocycles. The van der Waals surface area contributed by atoms with E-state index in [4.69, 9.17) is 0 Å². The van der Waals surface area contributed by atoms with E-state index in [2.05, 4.69) is 5.32 Å². The molecule has 2 nitrogen and oxygen atoms in total. The molecule has 1 saturated heterocycles. The summed E-state index contributed by atoms with van der Waals surface area (Å²) in [6.07, 6.45) is -10.4. The van der Waals surface area contributed by atoms with Crippen molar-refractivity contribution in [1.29, 1.82) is 0 Å². The Labute approximate surface area is 132 Å². The summed E-state index contributed by atoms with van der Waals surface area (Å²) in [5.74, 6) is -1.71. The molecule has 10 heteroatoms. The first kappa shape index (κ1) is 18.9. The highest BCUT2D eigenvalue weighted by Crippen LogP contribution is 2.41. The SMILES string of the molecule is FC[C@@H](c1c(F)cc(C(F)(F)F)cc1C(F)(F)F)N1CCNCC1. The minimum Gasteiger partial charge on any atom is -0.314 e. The molecule has 1 aliphatic heterocycles. The van der Waals surface area contributed by atoms with Gasteiger partial charge < -0.3 is 5.32 Å². The Morgan fingerprint density at radius 3 is 2.04 bits per heavy atom. The third-order valence-electron chi connectivity index (χ3n) is 3.83. The molecule has 0 unspecified atom stereocenters. The summed E-state index contributed by atoms with van der Waals surface area (Å²) in [7, 11) is 0. The zero-order valence-electron chi connectivity index (χ0n) is 12.2. The predicted molar refractivity (Wildman–Crippen MR) is 69.6 cm³/mol. The van der Waals surface area contributed by atoms with Gasteiger partial charge in [0.1, 0.15) is 12.5 Å². The molecule has 2 rings (SSSR count). The van der Waals surface area contributed by atoms with Gasteiger partial charge in [-0.05, 0) is 12.1 Å². The Kier molecular flexibility index (Phi) is 5.38. The van der Waals surface area contributed by atoms with Crippen molar-refractivity contribution in [2.75, 3.05) is 32.9 Å². The molecule has 0 aromatic heterocycles. The number of hydrogen-bond donors (Lipinski definition) is 1. The maximum absolute atomic E-state index is 14.2. The highest BCUT2D eigenvalue weighted by Gasteiger charge is 2.42. The molecule has 1 N–H and O–H groups in total. The van der Waals surface area contributed by atoms with E-state index in [1.54, 1.807) is 0 Å². The Hall–Kier alpha value is -1.42. The number of hydrogen-bond acceptors (Lipinski definition) is 2. The molecule has 0 amide bonds. The minimum absolute atomic E-state index is 0.0184. The lowest BCUT2D eigenvalue weighted by Gasteiger charge is -2.35. The van der Waals surface area contributed by atoms with Gasteiger partial charge >= 0.3 is 12.4 Å². The maximum atomic E-state index is 14.2. The van der Waals surface area contributed by atoms with Crippen molar-refractivity contribution >= 4 is 0 Å². The van der Waals surface area contributed by atoms with Gasteiger partial charge in [-0.25, -0.2) is 8.78 Å². The summed E-state index contributed by atoms with van der Waals surface area (Å²) in [6.45, 7) is -0.301. The summed E-state index contributed by atoms with van der Waals surface area (Å²) in [5.41, 5.74) is -4.63. The van der Waals surface area contributed by atoms with Crippen molar-refractivity contribution in [1.82, 2.24) is 10.2 Å². The molecular formula is C14H14F8N2. The molecule has 0 spiro atoms. The third kappa shape index (κ3) is 3.97. The molecule has 24 heavy (non-hydrogen) atoms. The molecular weight excluding hydrogens is 348 g/mol. The number of piperazine rings is 1. The molecule has 1 heterocycles. The average molecular weight is 362 g/mol. The molecule has 1 atom stereocenters. The van der Waals surface area contributed by atoms with E-state index in [9.17, 15) is 35.1 Å². The number of nitrogens with zero attached hydrogens (tertiary/aromatic N) is 1. The van der Waals surface area contributed by atoms with Crippen LogP contribution in [0.4, 0.5) is 35.1 Å². The number of nitrogens with one attached hydrogen (secondary N) is 1. The summed E-state index contributed by atoms with van der Waals surface area (Å²) < 4.78 is 105. The fourth-order valence-electron chi connectivity index (χ4n) is 2.71. The Bertz CT molecular complexity index is 575. The number of benzene rings is 1. The van der Waals surface area contributed by atoms with Crippen molar-refractivity contribution in [3.63, 3.8) is 0 Å². The highest BCUT2D eigenvalue weighted by atomic mass is 19.4. The summed E-state index contributed by atoms with van der Waals surface area (Å²) in [5, 5.41) is 2.90. The largest absolute Gasteiger partial charge is 0.416 e. The second-order valence-corrected chi connectivity index (χ2v) is 5.37. The van der Waals surface area contributed by atoms with Crippen LogP contribution in [0, 0.1) is 5.82 Å². The Balaban J connectivity index is 2.58. The zero-order chi connectivity index (χ0) is 18.1. The van der Waals surface area contributed by atoms with Gasteiger partial charge in [0, 0.05) is 31.7 Å². The second-order valence-electron chi connectivity index (χ2n) is 5.37. The van der Waals surface area contributed by atoms with E-state index in [-0.39, 0.29) is 25.2 Å². The van der Waals surface area contributed by atoms with Crippen LogP contribution in [0.1, 0.15) is 22.7 Å². The van der Waals surface area contributed by atoms with Crippen LogP contribution in [0.3, 0.4) is 0 Å². The fraction of sp³-hybridized carbons (Fsp3) is 0.571. The highest BCUT2D eigenvalue weighted by molar-refractivity contribution is 5.39. The molecule has 0 radical (unpaired) electrons. The molecule has 136 valence electrons. The van der Waals surface area contributed by atoms with Crippen LogP contribution in [-0.4, -0.2) is 37.8 Å². The van der Waals surface area contributed by atoms with Crippen LogP contribution in [-0.2, 0) is 12.4 Å². The fourth-order valence-corrected chi connectivity index (χ4v) is 2.71. The zero-order valence-corrected chi connectivity index (χ0v) is 12.2. The third-order valence-corrected chi connectivity index (χ3v) is 3.83. The topological polar surface area (TPSA) is 15.3 Å². The average Bonchev–Trinajstić information content (AvgIpc) is 2.48. The molecule has 0 aliphatic carbocycles. The van der Waals surface area contributed by atoms with Crippen molar-refractivity contribution in [2.45, 2.75) is 18.4 Å². The lowest BCUT2D eigenvalue weighted by molar-refractivity contribution is -0.144. The normalized spacial score (nSPS) is 18.7. The van der Waals surface area contributed by atoms with Crippen LogP contribution in [0.2, 0.25) is 0 Å². The van der Waals surface area contributed by atoms with Crippen LogP contribution >= 0.6 is 0 Å². The van der Waals surface area contributed by atoms with Crippen LogP contribution < -0.4 is 5.32 Å². The quantitative estimate of drug-likeness (QED) is 0.824. The van der Waals surface area contributed by atoms with Gasteiger partial charge in [-0.1, -0.05) is 0 Å². The van der Waals surface area contributed by atoms with Gasteiger partial charge in [-0.3, -0.25) is 4.90 Å². The maximum Gasteiger partial charge on any atom is 0.416 e. The summed E-state index contributed by atoms with van der Waals surface area (Å²) in [4.78, 5) is 1.29. The lowest BCUT2D eigenvalue weighted by atomic mass is 9.95. The van der Waals surface area contributed by atoms with E-state index in [0.717, 1.165) is 0 Å². The smallest absolute Gasteiger partial charge is 0.314 e. The van der Waals surface area contributed by atoms with Gasteiger partial charge in [0.15, 0.2) is 0 Å². The summed E-state index contributed by atoms with van der Waals surface area (Å²) in [6, 6.07) is -1.77. The first-order valence-electron chi connectivity index (χ1n) is 7.04. The Morgan fingerprint density at radius 2 is 1.58 bits per heavy atom. The molecule has 1 aromatic carbocycles.